The number of anilines is 2. The van der Waals surface area contributed by atoms with Crippen LogP contribution in [0.1, 0.15) is 25.3 Å². The molecule has 1 atom stereocenters. The smallest absolute Gasteiger partial charge is 0.0992 e. The van der Waals surface area contributed by atoms with E-state index in [0.29, 0.717) is 17.7 Å². The first kappa shape index (κ1) is 12.3. The van der Waals surface area contributed by atoms with Crippen molar-refractivity contribution in [2.75, 3.05) is 17.7 Å². The summed E-state index contributed by atoms with van der Waals surface area (Å²) in [4.78, 5) is 0. The molecule has 0 saturated carbocycles. The maximum Gasteiger partial charge on any atom is 0.0992 e. The van der Waals surface area contributed by atoms with E-state index < -0.39 is 0 Å². The fourth-order valence-electron chi connectivity index (χ4n) is 1.52. The number of nitriles is 1. The minimum absolute atomic E-state index is 0.154. The molecule has 0 aliphatic rings. The first-order valence-electron chi connectivity index (χ1n) is 5.38. The number of hydrogen-bond donors (Lipinski definition) is 3. The van der Waals surface area contributed by atoms with Crippen molar-refractivity contribution >= 4 is 11.4 Å². The lowest BCUT2D eigenvalue weighted by atomic mass is 10.1. The summed E-state index contributed by atoms with van der Waals surface area (Å²) in [5.74, 6) is 0. The zero-order valence-electron chi connectivity index (χ0n) is 9.40. The van der Waals surface area contributed by atoms with Crippen LogP contribution in [0.2, 0.25) is 0 Å². The highest BCUT2D eigenvalue weighted by atomic mass is 16.3. The molecule has 16 heavy (non-hydrogen) atoms. The summed E-state index contributed by atoms with van der Waals surface area (Å²) in [6.45, 7) is 2.20. The van der Waals surface area contributed by atoms with Gasteiger partial charge in [-0.1, -0.05) is 6.92 Å². The van der Waals surface area contributed by atoms with Crippen molar-refractivity contribution in [1.29, 1.82) is 5.26 Å². The third kappa shape index (κ3) is 3.14. The van der Waals surface area contributed by atoms with E-state index in [-0.39, 0.29) is 12.6 Å². The van der Waals surface area contributed by atoms with Crippen LogP contribution in [0.15, 0.2) is 18.2 Å². The maximum atomic E-state index is 8.88. The monoisotopic (exact) mass is 219 g/mol. The average Bonchev–Trinajstić information content (AvgIpc) is 2.30. The summed E-state index contributed by atoms with van der Waals surface area (Å²) in [5, 5.41) is 20.8. The van der Waals surface area contributed by atoms with Crippen LogP contribution in [0.4, 0.5) is 11.4 Å². The van der Waals surface area contributed by atoms with Gasteiger partial charge in [-0.2, -0.15) is 5.26 Å². The van der Waals surface area contributed by atoms with E-state index in [2.05, 4.69) is 5.32 Å². The van der Waals surface area contributed by atoms with Gasteiger partial charge in [-0.3, -0.25) is 0 Å². The van der Waals surface area contributed by atoms with Crippen LogP contribution >= 0.6 is 0 Å². The first-order valence-corrected chi connectivity index (χ1v) is 5.38. The summed E-state index contributed by atoms with van der Waals surface area (Å²) in [7, 11) is 0. The standard InChI is InChI=1S/C12H17N3O/c1-2-10(5-6-16)15-12-4-3-9(8-13)7-11(12)14/h3-4,7,10,15-16H,2,5-6,14H2,1H3. The van der Waals surface area contributed by atoms with E-state index in [4.69, 9.17) is 16.1 Å². The number of benzene rings is 1. The van der Waals surface area contributed by atoms with E-state index in [0.717, 1.165) is 12.1 Å². The van der Waals surface area contributed by atoms with Gasteiger partial charge in [-0.05, 0) is 31.0 Å². The predicted octanol–water partition coefficient (Wildman–Crippen LogP) is 1.71. The minimum atomic E-state index is 0.154. The van der Waals surface area contributed by atoms with Gasteiger partial charge in [0, 0.05) is 12.6 Å². The van der Waals surface area contributed by atoms with Gasteiger partial charge in [-0.25, -0.2) is 0 Å². The van der Waals surface area contributed by atoms with Crippen LogP contribution in [0, 0.1) is 11.3 Å². The SMILES string of the molecule is CCC(CCO)Nc1ccc(C#N)cc1N. The molecule has 0 bridgehead atoms. The third-order valence-electron chi connectivity index (χ3n) is 2.51. The first-order chi connectivity index (χ1) is 7.71. The largest absolute Gasteiger partial charge is 0.397 e. The Bertz CT molecular complexity index is 384. The molecular formula is C12H17N3O. The molecule has 1 aromatic carbocycles. The quantitative estimate of drug-likeness (QED) is 0.658. The lowest BCUT2D eigenvalue weighted by molar-refractivity contribution is 0.278. The zero-order valence-corrected chi connectivity index (χ0v) is 9.40. The second kappa shape index (κ2) is 5.99. The van der Waals surface area contributed by atoms with Gasteiger partial charge < -0.3 is 16.2 Å². The Kier molecular flexibility index (Phi) is 4.62. The van der Waals surface area contributed by atoms with Gasteiger partial charge >= 0.3 is 0 Å². The van der Waals surface area contributed by atoms with Gasteiger partial charge in [0.05, 0.1) is 23.0 Å². The van der Waals surface area contributed by atoms with E-state index in [1.165, 1.54) is 0 Å². The Hall–Kier alpha value is -1.73. The van der Waals surface area contributed by atoms with Crippen LogP contribution < -0.4 is 11.1 Å². The highest BCUT2D eigenvalue weighted by Gasteiger charge is 2.07. The Balaban J connectivity index is 2.77. The van der Waals surface area contributed by atoms with Crippen molar-refractivity contribution < 1.29 is 5.11 Å². The van der Waals surface area contributed by atoms with Crippen molar-refractivity contribution in [1.82, 2.24) is 0 Å². The predicted molar refractivity (Wildman–Crippen MR) is 65.0 cm³/mol. The van der Waals surface area contributed by atoms with Crippen LogP contribution in [0.5, 0.6) is 0 Å². The summed E-state index contributed by atoms with van der Waals surface area (Å²) in [6, 6.07) is 7.42. The van der Waals surface area contributed by atoms with Gasteiger partial charge in [0.2, 0.25) is 0 Å². The van der Waals surface area contributed by atoms with Crippen molar-refractivity contribution in [3.63, 3.8) is 0 Å². The molecule has 0 aromatic heterocycles. The number of nitrogen functional groups attached to an aromatic ring is 1. The summed E-state index contributed by atoms with van der Waals surface area (Å²) in [5.41, 5.74) is 7.76. The molecule has 86 valence electrons. The summed E-state index contributed by atoms with van der Waals surface area (Å²) >= 11 is 0. The van der Waals surface area contributed by atoms with Crippen molar-refractivity contribution in [2.24, 2.45) is 0 Å². The third-order valence-corrected chi connectivity index (χ3v) is 2.51. The zero-order chi connectivity index (χ0) is 12.0. The van der Waals surface area contributed by atoms with E-state index in [9.17, 15) is 0 Å². The maximum absolute atomic E-state index is 8.88. The molecule has 0 amide bonds. The molecule has 4 N–H and O–H groups in total. The Morgan fingerprint density at radius 1 is 1.56 bits per heavy atom. The fraction of sp³-hybridized carbons (Fsp3) is 0.417. The molecule has 4 nitrogen and oxygen atoms in total. The Morgan fingerprint density at radius 3 is 2.81 bits per heavy atom. The lowest BCUT2D eigenvalue weighted by Crippen LogP contribution is -2.20. The van der Waals surface area contributed by atoms with Crippen LogP contribution in [0.25, 0.3) is 0 Å². The topological polar surface area (TPSA) is 82.1 Å². The number of aliphatic hydroxyl groups excluding tert-OH is 1. The minimum Gasteiger partial charge on any atom is -0.397 e. The second-order valence-electron chi connectivity index (χ2n) is 3.68. The van der Waals surface area contributed by atoms with Gasteiger partial charge in [0.1, 0.15) is 0 Å². The molecular weight excluding hydrogens is 202 g/mol. The molecule has 0 aliphatic heterocycles. The van der Waals surface area contributed by atoms with Crippen molar-refractivity contribution in [3.8, 4) is 6.07 Å². The number of nitrogens with zero attached hydrogens (tertiary/aromatic N) is 1. The van der Waals surface area contributed by atoms with E-state index in [1.54, 1.807) is 18.2 Å². The van der Waals surface area contributed by atoms with Crippen molar-refractivity contribution in [3.05, 3.63) is 23.8 Å². The molecule has 1 rings (SSSR count). The molecule has 0 saturated heterocycles. The number of nitrogens with two attached hydrogens (primary N) is 1. The van der Waals surface area contributed by atoms with Crippen LogP contribution in [0.3, 0.4) is 0 Å². The second-order valence-corrected chi connectivity index (χ2v) is 3.68. The molecule has 0 fully saturated rings. The summed E-state index contributed by atoms with van der Waals surface area (Å²) < 4.78 is 0. The molecule has 0 heterocycles. The van der Waals surface area contributed by atoms with Gasteiger partial charge in [-0.15, -0.1) is 0 Å². The molecule has 4 heteroatoms. The van der Waals surface area contributed by atoms with E-state index >= 15 is 0 Å². The normalized spacial score (nSPS) is 11.8. The molecule has 1 aromatic rings. The summed E-state index contributed by atoms with van der Waals surface area (Å²) in [6.07, 6.45) is 1.61. The molecule has 0 radical (unpaired) electrons. The van der Waals surface area contributed by atoms with Crippen LogP contribution in [-0.2, 0) is 0 Å². The number of hydrogen-bond acceptors (Lipinski definition) is 4. The average molecular weight is 219 g/mol. The Labute approximate surface area is 95.7 Å². The highest BCUT2D eigenvalue weighted by molar-refractivity contribution is 5.68. The Morgan fingerprint density at radius 2 is 2.31 bits per heavy atom. The molecule has 0 aliphatic carbocycles. The van der Waals surface area contributed by atoms with Gasteiger partial charge in [0.15, 0.2) is 0 Å². The number of rotatable bonds is 5. The highest BCUT2D eigenvalue weighted by Crippen LogP contribution is 2.21. The fourth-order valence-corrected chi connectivity index (χ4v) is 1.52. The van der Waals surface area contributed by atoms with Gasteiger partial charge in [0.25, 0.3) is 0 Å². The molecule has 0 spiro atoms. The number of aliphatic hydroxyl groups is 1. The van der Waals surface area contributed by atoms with Crippen LogP contribution in [-0.4, -0.2) is 17.8 Å². The number of nitrogens with one attached hydrogen (secondary N) is 1. The van der Waals surface area contributed by atoms with E-state index in [1.807, 2.05) is 13.0 Å². The van der Waals surface area contributed by atoms with Crippen molar-refractivity contribution in [2.45, 2.75) is 25.8 Å². The lowest BCUT2D eigenvalue weighted by Gasteiger charge is -2.18. The molecule has 1 unspecified atom stereocenters.